The van der Waals surface area contributed by atoms with Gasteiger partial charge in [0, 0.05) is 24.7 Å². The number of alkyl halides is 3. The molecule has 0 fully saturated rings. The Balaban J connectivity index is 1.91. The molecule has 0 aliphatic heterocycles. The number of hydrogen-bond acceptors (Lipinski definition) is 6. The summed E-state index contributed by atoms with van der Waals surface area (Å²) in [6.07, 6.45) is -3.79. The third kappa shape index (κ3) is 13.0. The first kappa shape index (κ1) is 41.5. The van der Waals surface area contributed by atoms with Crippen LogP contribution in [0.5, 0.6) is 0 Å². The van der Waals surface area contributed by atoms with Gasteiger partial charge in [-0.3, -0.25) is 9.59 Å². The lowest BCUT2D eigenvalue weighted by Crippen LogP contribution is -2.57. The highest BCUT2D eigenvalue weighted by Gasteiger charge is 2.35. The van der Waals surface area contributed by atoms with Crippen LogP contribution in [-0.2, 0) is 40.2 Å². The van der Waals surface area contributed by atoms with E-state index in [0.29, 0.717) is 50.4 Å². The van der Waals surface area contributed by atoms with E-state index < -0.39 is 74.2 Å². The summed E-state index contributed by atoms with van der Waals surface area (Å²) in [5, 5.41) is 18.5. The van der Waals surface area contributed by atoms with Gasteiger partial charge in [0.1, 0.15) is 17.7 Å². The highest BCUT2D eigenvalue weighted by molar-refractivity contribution is 7.92. The molecule has 0 bridgehead atoms. The Bertz CT molecular complexity index is 1680. The third-order valence-electron chi connectivity index (χ3n) is 8.48. The molecule has 0 saturated carbocycles. The van der Waals surface area contributed by atoms with Crippen molar-refractivity contribution in [3.8, 4) is 0 Å². The van der Waals surface area contributed by atoms with E-state index in [9.17, 15) is 45.1 Å². The summed E-state index contributed by atoms with van der Waals surface area (Å²) in [4.78, 5) is 27.1. The second kappa shape index (κ2) is 19.1. The maximum Gasteiger partial charge on any atom is 0.416 e. The Morgan fingerprint density at radius 3 is 2.00 bits per heavy atom. The Labute approximate surface area is 296 Å². The lowest BCUT2D eigenvalue weighted by molar-refractivity contribution is -0.137. The zero-order valence-electron chi connectivity index (χ0n) is 28.9. The highest BCUT2D eigenvalue weighted by atomic mass is 32.2. The number of aliphatic hydroxyl groups is 1. The highest BCUT2D eigenvalue weighted by Crippen LogP contribution is 2.29. The van der Waals surface area contributed by atoms with Crippen molar-refractivity contribution in [3.63, 3.8) is 0 Å². The van der Waals surface area contributed by atoms with Crippen molar-refractivity contribution in [1.29, 1.82) is 0 Å². The van der Waals surface area contributed by atoms with Gasteiger partial charge in [-0.2, -0.15) is 13.2 Å². The molecule has 0 saturated heterocycles. The normalized spacial score (nSPS) is 13.8. The van der Waals surface area contributed by atoms with Crippen LogP contribution in [0.15, 0.2) is 66.7 Å². The van der Waals surface area contributed by atoms with E-state index in [2.05, 4.69) is 16.0 Å². The topological polar surface area (TPSA) is 125 Å². The van der Waals surface area contributed by atoms with Gasteiger partial charge in [-0.25, -0.2) is 17.2 Å². The predicted octanol–water partition coefficient (Wildman–Crippen LogP) is 5.91. The maximum absolute atomic E-state index is 14.1. The van der Waals surface area contributed by atoms with Gasteiger partial charge in [-0.15, -0.1) is 0 Å². The molecule has 8 nitrogen and oxygen atoms in total. The van der Waals surface area contributed by atoms with E-state index in [-0.39, 0.29) is 24.1 Å². The van der Waals surface area contributed by atoms with Crippen LogP contribution in [0.25, 0.3) is 0 Å². The van der Waals surface area contributed by atoms with Crippen molar-refractivity contribution in [3.05, 3.63) is 106 Å². The van der Waals surface area contributed by atoms with E-state index in [1.165, 1.54) is 0 Å². The molecule has 0 aliphatic carbocycles. The molecule has 3 atom stereocenters. The summed E-state index contributed by atoms with van der Waals surface area (Å²) in [6.45, 7) is 5.89. The number of sulfone groups is 1. The first-order valence-corrected chi connectivity index (χ1v) is 18.7. The molecule has 2 amide bonds. The molecule has 280 valence electrons. The molecule has 0 aromatic heterocycles. The van der Waals surface area contributed by atoms with Crippen molar-refractivity contribution in [2.24, 2.45) is 0 Å². The second-order valence-corrected chi connectivity index (χ2v) is 14.9. The zero-order valence-corrected chi connectivity index (χ0v) is 29.7. The number of amides is 2. The number of aryl methyl sites for hydroxylation is 1. The first-order chi connectivity index (χ1) is 24.1. The number of halogens is 5. The molecule has 0 radical (unpaired) electrons. The monoisotopic (exact) mass is 739 g/mol. The molecule has 0 unspecified atom stereocenters. The molecule has 3 aromatic rings. The van der Waals surface area contributed by atoms with Crippen molar-refractivity contribution in [1.82, 2.24) is 16.0 Å². The molecule has 3 aromatic carbocycles. The average molecular weight is 740 g/mol. The number of nitrogens with one attached hydrogen (secondary N) is 3. The minimum Gasteiger partial charge on any atom is -0.390 e. The maximum atomic E-state index is 14.1. The summed E-state index contributed by atoms with van der Waals surface area (Å²) < 4.78 is 94.8. The van der Waals surface area contributed by atoms with Crippen LogP contribution in [0.1, 0.15) is 79.1 Å². The Morgan fingerprint density at radius 2 is 1.43 bits per heavy atom. The van der Waals surface area contributed by atoms with Crippen LogP contribution in [0, 0.1) is 11.6 Å². The summed E-state index contributed by atoms with van der Waals surface area (Å²) in [6, 6.07) is 10.7. The number of rotatable bonds is 19. The van der Waals surface area contributed by atoms with Crippen LogP contribution < -0.4 is 16.0 Å². The van der Waals surface area contributed by atoms with Crippen LogP contribution >= 0.6 is 0 Å². The van der Waals surface area contributed by atoms with Gasteiger partial charge >= 0.3 is 6.18 Å². The summed E-state index contributed by atoms with van der Waals surface area (Å²) >= 11 is 0. The second-order valence-electron chi connectivity index (χ2n) is 12.6. The number of aliphatic hydroxyl groups excluding tert-OH is 1. The van der Waals surface area contributed by atoms with Gasteiger partial charge in [0.2, 0.25) is 5.91 Å². The summed E-state index contributed by atoms with van der Waals surface area (Å²) in [5.74, 6) is -4.61. The molecule has 0 aliphatic rings. The predicted molar refractivity (Wildman–Crippen MR) is 186 cm³/mol. The molecule has 4 N–H and O–H groups in total. The van der Waals surface area contributed by atoms with Crippen molar-refractivity contribution in [2.45, 2.75) is 95.5 Å². The first-order valence-electron chi connectivity index (χ1n) is 17.0. The zero-order chi connectivity index (χ0) is 37.8. The van der Waals surface area contributed by atoms with Gasteiger partial charge < -0.3 is 21.1 Å². The molecule has 51 heavy (non-hydrogen) atoms. The van der Waals surface area contributed by atoms with Crippen molar-refractivity contribution >= 4 is 21.7 Å². The quantitative estimate of drug-likeness (QED) is 0.114. The van der Waals surface area contributed by atoms with E-state index in [1.54, 1.807) is 0 Å². The fourth-order valence-electron chi connectivity index (χ4n) is 5.77. The smallest absolute Gasteiger partial charge is 0.390 e. The van der Waals surface area contributed by atoms with Crippen LogP contribution in [0.2, 0.25) is 0 Å². The molecule has 14 heteroatoms. The Kier molecular flexibility index (Phi) is 15.6. The van der Waals surface area contributed by atoms with Gasteiger partial charge in [0.15, 0.2) is 9.84 Å². The lowest BCUT2D eigenvalue weighted by Gasteiger charge is -2.28. The van der Waals surface area contributed by atoms with E-state index in [1.807, 2.05) is 45.0 Å². The molecule has 0 heterocycles. The van der Waals surface area contributed by atoms with E-state index in [4.69, 9.17) is 0 Å². The van der Waals surface area contributed by atoms with Crippen molar-refractivity contribution in [2.75, 3.05) is 12.3 Å². The van der Waals surface area contributed by atoms with Gasteiger partial charge in [-0.05, 0) is 78.8 Å². The van der Waals surface area contributed by atoms with Gasteiger partial charge in [0.05, 0.1) is 28.7 Å². The Morgan fingerprint density at radius 1 is 0.824 bits per heavy atom. The largest absolute Gasteiger partial charge is 0.416 e. The van der Waals surface area contributed by atoms with Crippen LogP contribution in [0.3, 0.4) is 0 Å². The van der Waals surface area contributed by atoms with Crippen LogP contribution in [0.4, 0.5) is 22.0 Å². The average Bonchev–Trinajstić information content (AvgIpc) is 3.06. The number of hydrogen-bond donors (Lipinski definition) is 4. The number of benzene rings is 3. The number of carbonyl (C=O) groups is 2. The van der Waals surface area contributed by atoms with Gasteiger partial charge in [0.25, 0.3) is 5.91 Å². The minimum absolute atomic E-state index is 0.0882. The number of carbonyl (C=O) groups excluding carboxylic acids is 2. The standard InChI is InChI=1S/C37H46F5N3O5S/c1-4-8-31(9-5-2)51(49,50)23-33(45-35(47)27-12-14-28(15-13-27)37(40,41)42)36(48)44-32(19-26-17-29(38)20-30(39)18-26)34(46)22-43-21-25-11-7-10-24(6-3)16-25/h7,10-18,20,31-34,43,46H,4-6,8-9,19,21-23H2,1-3H3,(H,44,48)(H,45,47)/t32-,33+,34+/m0/s1. The summed E-state index contributed by atoms with van der Waals surface area (Å²) in [5.41, 5.74) is 0.874. The van der Waals surface area contributed by atoms with Crippen molar-refractivity contribution < 1.29 is 45.1 Å². The fourth-order valence-corrected chi connectivity index (χ4v) is 7.93. The van der Waals surface area contributed by atoms with Gasteiger partial charge in [-0.1, -0.05) is 57.9 Å². The summed E-state index contributed by atoms with van der Waals surface area (Å²) in [7, 11) is -4.02. The van der Waals surface area contributed by atoms with E-state index in [0.717, 1.165) is 41.8 Å². The third-order valence-corrected chi connectivity index (χ3v) is 10.8. The molecular formula is C37H46F5N3O5S. The lowest BCUT2D eigenvalue weighted by atomic mass is 10.00. The fraction of sp³-hybridized carbons (Fsp3) is 0.459. The SMILES string of the molecule is CCCC(CCC)S(=O)(=O)C[C@@H](NC(=O)c1ccc(C(F)(F)F)cc1)C(=O)N[C@@H](Cc1cc(F)cc(F)c1)[C@H](O)CNCc1cccc(CC)c1. The molecular weight excluding hydrogens is 693 g/mol. The molecule has 0 spiro atoms. The minimum atomic E-state index is -4.66. The molecule has 3 rings (SSSR count). The van der Waals surface area contributed by atoms with Crippen LogP contribution in [-0.4, -0.2) is 61.1 Å². The Hall–Kier alpha value is -3.88. The van der Waals surface area contributed by atoms with E-state index >= 15 is 0 Å².